The molecule has 2 heterocycles. The smallest absolute Gasteiger partial charge is 0.264 e. The number of hydrogen-bond donors (Lipinski definition) is 0. The van der Waals surface area contributed by atoms with E-state index in [9.17, 15) is 16.8 Å². The Morgan fingerprint density at radius 2 is 1.14 bits per heavy atom. The third-order valence-electron chi connectivity index (χ3n) is 3.03. The Morgan fingerprint density at radius 1 is 0.773 bits per heavy atom. The van der Waals surface area contributed by atoms with Crippen LogP contribution in [0.15, 0.2) is 0 Å². The molecule has 4 atom stereocenters. The lowest BCUT2D eigenvalue weighted by molar-refractivity contribution is -0.0359. The van der Waals surface area contributed by atoms with Gasteiger partial charge in [-0.2, -0.15) is 16.8 Å². The molecular formula is C10H18O10S2. The molecule has 2 aliphatic rings. The Labute approximate surface area is 128 Å². The van der Waals surface area contributed by atoms with Gasteiger partial charge in [0.15, 0.2) is 0 Å². The van der Waals surface area contributed by atoms with E-state index in [2.05, 4.69) is 0 Å². The number of ether oxygens (including phenoxy) is 4. The van der Waals surface area contributed by atoms with Crippen LogP contribution >= 0.6 is 0 Å². The van der Waals surface area contributed by atoms with Crippen molar-refractivity contribution in [1.29, 1.82) is 0 Å². The van der Waals surface area contributed by atoms with E-state index in [1.807, 2.05) is 0 Å². The van der Waals surface area contributed by atoms with Crippen molar-refractivity contribution in [2.24, 2.45) is 0 Å². The molecule has 2 saturated heterocycles. The van der Waals surface area contributed by atoms with Gasteiger partial charge in [0.25, 0.3) is 20.2 Å². The largest absolute Gasteiger partial charge is 0.347 e. The lowest BCUT2D eigenvalue weighted by atomic mass is 10.0. The highest BCUT2D eigenvalue weighted by atomic mass is 32.2. The normalized spacial score (nSPS) is 33.4. The first-order valence-corrected chi connectivity index (χ1v) is 9.94. The fourth-order valence-corrected chi connectivity index (χ4v) is 2.86. The molecule has 0 N–H and O–H groups in total. The van der Waals surface area contributed by atoms with Gasteiger partial charge >= 0.3 is 0 Å². The van der Waals surface area contributed by atoms with Gasteiger partial charge in [-0.05, 0) is 0 Å². The molecule has 2 aliphatic heterocycles. The summed E-state index contributed by atoms with van der Waals surface area (Å²) in [4.78, 5) is 0. The van der Waals surface area contributed by atoms with Gasteiger partial charge < -0.3 is 18.9 Å². The quantitative estimate of drug-likeness (QED) is 0.490. The van der Waals surface area contributed by atoms with Crippen LogP contribution in [0.3, 0.4) is 0 Å². The van der Waals surface area contributed by atoms with Gasteiger partial charge in [-0.3, -0.25) is 8.37 Å². The van der Waals surface area contributed by atoms with E-state index >= 15 is 0 Å². The first-order valence-electron chi connectivity index (χ1n) is 6.31. The summed E-state index contributed by atoms with van der Waals surface area (Å²) in [5.74, 6) is 0. The Balaban J connectivity index is 1.95. The van der Waals surface area contributed by atoms with E-state index in [1.165, 1.54) is 0 Å². The van der Waals surface area contributed by atoms with Gasteiger partial charge in [-0.25, -0.2) is 0 Å². The van der Waals surface area contributed by atoms with Crippen molar-refractivity contribution in [2.75, 3.05) is 39.3 Å². The Morgan fingerprint density at radius 3 is 1.45 bits per heavy atom. The van der Waals surface area contributed by atoms with Gasteiger partial charge in [0.05, 0.1) is 25.7 Å². The second kappa shape index (κ2) is 7.05. The molecule has 0 amide bonds. The number of rotatable bonds is 7. The third-order valence-corrected chi connectivity index (χ3v) is 4.16. The lowest BCUT2D eigenvalue weighted by Crippen LogP contribution is -2.45. The van der Waals surface area contributed by atoms with E-state index in [1.54, 1.807) is 0 Å². The van der Waals surface area contributed by atoms with Crippen molar-refractivity contribution in [2.45, 2.75) is 24.4 Å². The third kappa shape index (κ3) is 5.38. The molecule has 0 aromatic heterocycles. The maximum atomic E-state index is 11.0. The molecule has 0 aromatic carbocycles. The fraction of sp³-hybridized carbons (Fsp3) is 1.00. The first kappa shape index (κ1) is 18.0. The monoisotopic (exact) mass is 362 g/mol. The van der Waals surface area contributed by atoms with Crippen LogP contribution in [0.1, 0.15) is 0 Å². The zero-order valence-corrected chi connectivity index (χ0v) is 13.7. The van der Waals surface area contributed by atoms with Crippen molar-refractivity contribution in [1.82, 2.24) is 0 Å². The molecule has 10 nitrogen and oxygen atoms in total. The van der Waals surface area contributed by atoms with Gasteiger partial charge in [0.1, 0.15) is 38.0 Å². The van der Waals surface area contributed by atoms with E-state index < -0.39 is 44.7 Å². The molecule has 0 radical (unpaired) electrons. The summed E-state index contributed by atoms with van der Waals surface area (Å²) in [5, 5.41) is 0. The van der Waals surface area contributed by atoms with Crippen molar-refractivity contribution in [3.05, 3.63) is 0 Å². The van der Waals surface area contributed by atoms with Crippen LogP contribution < -0.4 is 0 Å². The SMILES string of the molecule is CS(=O)(=O)OC[C@@H]1OCO[C@@H]1[C@H]1OCO[C@@H]1COS(C)(=O)=O. The average molecular weight is 362 g/mol. The Bertz CT molecular complexity index is 519. The van der Waals surface area contributed by atoms with Crippen LogP contribution in [-0.4, -0.2) is 80.6 Å². The maximum Gasteiger partial charge on any atom is 0.264 e. The molecular weight excluding hydrogens is 344 g/mol. The molecule has 0 spiro atoms. The van der Waals surface area contributed by atoms with Crippen LogP contribution in [-0.2, 0) is 47.5 Å². The Hall–Kier alpha value is -0.340. The van der Waals surface area contributed by atoms with Gasteiger partial charge in [-0.1, -0.05) is 0 Å². The second-order valence-corrected chi connectivity index (χ2v) is 8.17. The van der Waals surface area contributed by atoms with Crippen molar-refractivity contribution < 1.29 is 44.1 Å². The Kier molecular flexibility index (Phi) is 5.77. The highest BCUT2D eigenvalue weighted by Crippen LogP contribution is 2.26. The van der Waals surface area contributed by atoms with Gasteiger partial charge in [0.2, 0.25) is 0 Å². The minimum absolute atomic E-state index is 0.0536. The fourth-order valence-electron chi connectivity index (χ4n) is 2.09. The van der Waals surface area contributed by atoms with Crippen LogP contribution in [0, 0.1) is 0 Å². The second-order valence-electron chi connectivity index (χ2n) is 4.89. The highest BCUT2D eigenvalue weighted by molar-refractivity contribution is 7.86. The van der Waals surface area contributed by atoms with Crippen LogP contribution in [0.2, 0.25) is 0 Å². The minimum Gasteiger partial charge on any atom is -0.347 e. The summed E-state index contributed by atoms with van der Waals surface area (Å²) in [6, 6.07) is 0. The molecule has 0 unspecified atom stereocenters. The van der Waals surface area contributed by atoms with Crippen molar-refractivity contribution in [3.63, 3.8) is 0 Å². The predicted molar refractivity (Wildman–Crippen MR) is 70.8 cm³/mol. The molecule has 0 bridgehead atoms. The van der Waals surface area contributed by atoms with Crippen molar-refractivity contribution >= 4 is 20.2 Å². The summed E-state index contributed by atoms with van der Waals surface area (Å²) < 4.78 is 74.8. The highest BCUT2D eigenvalue weighted by Gasteiger charge is 2.45. The molecule has 0 saturated carbocycles. The summed E-state index contributed by atoms with van der Waals surface area (Å²) in [6.07, 6.45) is -0.815. The molecule has 0 aromatic rings. The average Bonchev–Trinajstić information content (AvgIpc) is 3.00. The van der Waals surface area contributed by atoms with Crippen LogP contribution in [0.25, 0.3) is 0 Å². The summed E-state index contributed by atoms with van der Waals surface area (Å²) in [7, 11) is -7.23. The van der Waals surface area contributed by atoms with Gasteiger partial charge in [-0.15, -0.1) is 0 Å². The van der Waals surface area contributed by atoms with Crippen molar-refractivity contribution in [3.8, 4) is 0 Å². The number of hydrogen-bond acceptors (Lipinski definition) is 10. The standard InChI is InChI=1S/C10H18O10S2/c1-21(11,12)19-3-7-9(17-5-15-7)10-8(16-6-18-10)4-20-22(2,13)14/h7-10H,3-6H2,1-2H3/t7-,8+,9-,10-/m0/s1. The van der Waals surface area contributed by atoms with Crippen LogP contribution in [0.5, 0.6) is 0 Å². The first-order chi connectivity index (χ1) is 10.2. The van der Waals surface area contributed by atoms with E-state index in [-0.39, 0.29) is 26.8 Å². The summed E-state index contributed by atoms with van der Waals surface area (Å²) in [6.45, 7) is -0.573. The predicted octanol–water partition coefficient (Wildman–Crippen LogP) is -1.58. The summed E-state index contributed by atoms with van der Waals surface area (Å²) in [5.41, 5.74) is 0. The molecule has 2 rings (SSSR count). The maximum absolute atomic E-state index is 11.0. The van der Waals surface area contributed by atoms with Gasteiger partial charge in [0, 0.05) is 0 Å². The zero-order valence-electron chi connectivity index (χ0n) is 12.0. The molecule has 2 fully saturated rings. The lowest BCUT2D eigenvalue weighted by Gasteiger charge is -2.24. The molecule has 0 aliphatic carbocycles. The molecule has 130 valence electrons. The zero-order chi connectivity index (χ0) is 16.4. The van der Waals surface area contributed by atoms with Crippen LogP contribution in [0.4, 0.5) is 0 Å². The topological polar surface area (TPSA) is 124 Å². The summed E-state index contributed by atoms with van der Waals surface area (Å²) >= 11 is 0. The minimum atomic E-state index is -3.61. The van der Waals surface area contributed by atoms with E-state index in [0.29, 0.717) is 0 Å². The van der Waals surface area contributed by atoms with E-state index in [0.717, 1.165) is 12.5 Å². The van der Waals surface area contributed by atoms with E-state index in [4.69, 9.17) is 27.3 Å². The molecule has 12 heteroatoms. The molecule has 22 heavy (non-hydrogen) atoms.